The van der Waals surface area contributed by atoms with Gasteiger partial charge in [0.15, 0.2) is 0 Å². The summed E-state index contributed by atoms with van der Waals surface area (Å²) in [5.74, 6) is 0.0415. The second kappa shape index (κ2) is 6.27. The van der Waals surface area contributed by atoms with E-state index in [9.17, 15) is 4.79 Å². The first kappa shape index (κ1) is 14.9. The Labute approximate surface area is 121 Å². The van der Waals surface area contributed by atoms with E-state index < -0.39 is 0 Å². The van der Waals surface area contributed by atoms with Crippen LogP contribution in [0.1, 0.15) is 27.7 Å². The predicted molar refractivity (Wildman–Crippen MR) is 82.1 cm³/mol. The molecule has 2 rings (SSSR count). The van der Waals surface area contributed by atoms with Gasteiger partial charge in [0.25, 0.3) is 0 Å². The summed E-state index contributed by atoms with van der Waals surface area (Å²) < 4.78 is 5.55. The Morgan fingerprint density at radius 3 is 2.25 bits per heavy atom. The van der Waals surface area contributed by atoms with E-state index in [4.69, 9.17) is 4.74 Å². The maximum absolute atomic E-state index is 11.7. The smallest absolute Gasteiger partial charge is 0.226 e. The van der Waals surface area contributed by atoms with Crippen molar-refractivity contribution in [2.75, 3.05) is 23.4 Å². The average Bonchev–Trinajstić information content (AvgIpc) is 2.40. The predicted octanol–water partition coefficient (Wildman–Crippen LogP) is 2.89. The minimum absolute atomic E-state index is 0.00559. The highest BCUT2D eigenvalue weighted by Gasteiger charge is 2.25. The van der Waals surface area contributed by atoms with Crippen molar-refractivity contribution in [3.05, 3.63) is 24.3 Å². The fraction of sp³-hybridized carbons (Fsp3) is 0.562. The highest BCUT2D eigenvalue weighted by atomic mass is 16.5. The molecule has 1 aliphatic rings. The Morgan fingerprint density at radius 2 is 1.75 bits per heavy atom. The zero-order chi connectivity index (χ0) is 14.7. The standard InChI is InChI=1S/C16H24N2O2/c1-11(2)16(19)17-14-5-7-15(8-6-14)18-12(3)9-20-10-13(18)4/h5-8,11-13H,9-10H2,1-4H3,(H,17,19). The molecule has 4 heteroatoms. The van der Waals surface area contributed by atoms with Gasteiger partial charge in [0.2, 0.25) is 5.91 Å². The molecule has 1 aromatic carbocycles. The molecule has 0 aliphatic carbocycles. The molecule has 20 heavy (non-hydrogen) atoms. The Balaban J connectivity index is 2.09. The van der Waals surface area contributed by atoms with E-state index >= 15 is 0 Å². The molecule has 1 amide bonds. The van der Waals surface area contributed by atoms with Gasteiger partial charge in [-0.15, -0.1) is 0 Å². The van der Waals surface area contributed by atoms with Gasteiger partial charge >= 0.3 is 0 Å². The zero-order valence-electron chi connectivity index (χ0n) is 12.7. The summed E-state index contributed by atoms with van der Waals surface area (Å²) in [5, 5.41) is 2.91. The van der Waals surface area contributed by atoms with Gasteiger partial charge in [0, 0.05) is 29.4 Å². The van der Waals surface area contributed by atoms with Gasteiger partial charge in [-0.2, -0.15) is 0 Å². The number of amides is 1. The van der Waals surface area contributed by atoms with Crippen LogP contribution in [0.2, 0.25) is 0 Å². The first-order chi connectivity index (χ1) is 9.49. The van der Waals surface area contributed by atoms with E-state index in [0.717, 1.165) is 18.9 Å². The topological polar surface area (TPSA) is 41.6 Å². The zero-order valence-corrected chi connectivity index (χ0v) is 12.7. The first-order valence-electron chi connectivity index (χ1n) is 7.26. The fourth-order valence-corrected chi connectivity index (χ4v) is 2.52. The van der Waals surface area contributed by atoms with Gasteiger partial charge in [0.05, 0.1) is 13.2 Å². The molecular weight excluding hydrogens is 252 g/mol. The number of nitrogens with one attached hydrogen (secondary N) is 1. The summed E-state index contributed by atoms with van der Waals surface area (Å²) in [6.45, 7) is 9.64. The summed E-state index contributed by atoms with van der Waals surface area (Å²) in [6.07, 6.45) is 0. The van der Waals surface area contributed by atoms with Crippen molar-refractivity contribution in [1.29, 1.82) is 0 Å². The van der Waals surface area contributed by atoms with Gasteiger partial charge in [-0.25, -0.2) is 0 Å². The van der Waals surface area contributed by atoms with Crippen molar-refractivity contribution in [1.82, 2.24) is 0 Å². The number of carbonyl (C=O) groups excluding carboxylic acids is 1. The summed E-state index contributed by atoms with van der Waals surface area (Å²) in [5.41, 5.74) is 2.02. The Hall–Kier alpha value is -1.55. The molecule has 1 saturated heterocycles. The van der Waals surface area contributed by atoms with Crippen molar-refractivity contribution < 1.29 is 9.53 Å². The molecule has 1 aliphatic heterocycles. The molecule has 1 aromatic rings. The average molecular weight is 276 g/mol. The Morgan fingerprint density at radius 1 is 1.20 bits per heavy atom. The lowest BCUT2D eigenvalue weighted by Crippen LogP contribution is -2.49. The van der Waals surface area contributed by atoms with Crippen molar-refractivity contribution in [2.24, 2.45) is 5.92 Å². The maximum atomic E-state index is 11.7. The number of rotatable bonds is 3. The summed E-state index contributed by atoms with van der Waals surface area (Å²) in [4.78, 5) is 14.0. The van der Waals surface area contributed by atoms with Crippen LogP contribution >= 0.6 is 0 Å². The number of anilines is 2. The Kier molecular flexibility index (Phi) is 4.65. The highest BCUT2D eigenvalue weighted by Crippen LogP contribution is 2.25. The molecule has 1 N–H and O–H groups in total. The maximum Gasteiger partial charge on any atom is 0.226 e. The molecular formula is C16H24N2O2. The molecule has 0 radical (unpaired) electrons. The van der Waals surface area contributed by atoms with Crippen LogP contribution in [0, 0.1) is 5.92 Å². The van der Waals surface area contributed by atoms with Gasteiger partial charge < -0.3 is 15.0 Å². The molecule has 1 heterocycles. The lowest BCUT2D eigenvalue weighted by Gasteiger charge is -2.40. The molecule has 110 valence electrons. The first-order valence-corrected chi connectivity index (χ1v) is 7.26. The number of hydrogen-bond acceptors (Lipinski definition) is 3. The number of morpholine rings is 1. The normalized spacial score (nSPS) is 22.9. The number of benzene rings is 1. The molecule has 1 fully saturated rings. The van der Waals surface area contributed by atoms with E-state index in [1.54, 1.807) is 0 Å². The molecule has 0 aromatic heterocycles. The minimum Gasteiger partial charge on any atom is -0.377 e. The monoisotopic (exact) mass is 276 g/mol. The quantitative estimate of drug-likeness (QED) is 0.923. The molecule has 0 spiro atoms. The van der Waals surface area contributed by atoms with E-state index in [1.165, 1.54) is 5.69 Å². The largest absolute Gasteiger partial charge is 0.377 e. The second-order valence-corrected chi connectivity index (χ2v) is 5.83. The molecule has 0 bridgehead atoms. The third kappa shape index (κ3) is 3.31. The summed E-state index contributed by atoms with van der Waals surface area (Å²) in [7, 11) is 0. The summed E-state index contributed by atoms with van der Waals surface area (Å²) >= 11 is 0. The van der Waals surface area contributed by atoms with Crippen LogP contribution in [-0.4, -0.2) is 31.2 Å². The fourth-order valence-electron chi connectivity index (χ4n) is 2.52. The number of hydrogen-bond donors (Lipinski definition) is 1. The molecule has 2 atom stereocenters. The van der Waals surface area contributed by atoms with E-state index in [0.29, 0.717) is 12.1 Å². The Bertz CT molecular complexity index is 446. The molecule has 0 saturated carbocycles. The van der Waals surface area contributed by atoms with Crippen molar-refractivity contribution in [3.63, 3.8) is 0 Å². The second-order valence-electron chi connectivity index (χ2n) is 5.83. The van der Waals surface area contributed by atoms with Gasteiger partial charge in [-0.3, -0.25) is 4.79 Å². The lowest BCUT2D eigenvalue weighted by atomic mass is 10.1. The minimum atomic E-state index is -0.00559. The number of carbonyl (C=O) groups is 1. The van der Waals surface area contributed by atoms with Crippen LogP contribution in [0.25, 0.3) is 0 Å². The van der Waals surface area contributed by atoms with E-state index in [1.807, 2.05) is 26.0 Å². The van der Waals surface area contributed by atoms with Gasteiger partial charge in [0.1, 0.15) is 0 Å². The van der Waals surface area contributed by atoms with Crippen LogP contribution in [0.15, 0.2) is 24.3 Å². The van der Waals surface area contributed by atoms with Crippen molar-refractivity contribution in [3.8, 4) is 0 Å². The van der Waals surface area contributed by atoms with Crippen LogP contribution < -0.4 is 10.2 Å². The summed E-state index contributed by atoms with van der Waals surface area (Å²) in [6, 6.07) is 8.79. The van der Waals surface area contributed by atoms with Crippen LogP contribution in [0.5, 0.6) is 0 Å². The number of ether oxygens (including phenoxy) is 1. The van der Waals surface area contributed by atoms with Gasteiger partial charge in [-0.1, -0.05) is 13.8 Å². The van der Waals surface area contributed by atoms with E-state index in [-0.39, 0.29) is 11.8 Å². The SMILES string of the molecule is CC(C)C(=O)Nc1ccc(N2C(C)COCC2C)cc1. The molecule has 2 unspecified atom stereocenters. The van der Waals surface area contributed by atoms with Crippen molar-refractivity contribution >= 4 is 17.3 Å². The number of nitrogens with zero attached hydrogens (tertiary/aromatic N) is 1. The van der Waals surface area contributed by atoms with Crippen LogP contribution in [0.4, 0.5) is 11.4 Å². The lowest BCUT2D eigenvalue weighted by molar-refractivity contribution is -0.118. The third-order valence-corrected chi connectivity index (χ3v) is 3.63. The van der Waals surface area contributed by atoms with Crippen LogP contribution in [0.3, 0.4) is 0 Å². The third-order valence-electron chi connectivity index (χ3n) is 3.63. The van der Waals surface area contributed by atoms with Gasteiger partial charge in [-0.05, 0) is 38.1 Å². The van der Waals surface area contributed by atoms with Crippen LogP contribution in [-0.2, 0) is 9.53 Å². The molecule has 4 nitrogen and oxygen atoms in total. The highest BCUT2D eigenvalue weighted by molar-refractivity contribution is 5.92. The van der Waals surface area contributed by atoms with Crippen molar-refractivity contribution in [2.45, 2.75) is 39.8 Å². The van der Waals surface area contributed by atoms with E-state index in [2.05, 4.69) is 36.2 Å².